The summed E-state index contributed by atoms with van der Waals surface area (Å²) in [6, 6.07) is -0.442. The van der Waals surface area contributed by atoms with E-state index in [9.17, 15) is 9.59 Å². The van der Waals surface area contributed by atoms with Gasteiger partial charge in [-0.05, 0) is 12.3 Å². The predicted molar refractivity (Wildman–Crippen MR) is 60.3 cm³/mol. The third kappa shape index (κ3) is 6.71. The van der Waals surface area contributed by atoms with Crippen LogP contribution in [0.15, 0.2) is 12.7 Å². The van der Waals surface area contributed by atoms with E-state index in [0.29, 0.717) is 18.9 Å². The molecule has 86 valence electrons. The third-order valence-electron chi connectivity index (χ3n) is 1.82. The summed E-state index contributed by atoms with van der Waals surface area (Å²) >= 11 is 0. The number of amides is 2. The maximum Gasteiger partial charge on any atom is 0.242 e. The van der Waals surface area contributed by atoms with Crippen molar-refractivity contribution in [3.8, 4) is 0 Å². The van der Waals surface area contributed by atoms with Crippen LogP contribution in [-0.2, 0) is 9.59 Å². The van der Waals surface area contributed by atoms with Gasteiger partial charge in [0.05, 0.1) is 0 Å². The van der Waals surface area contributed by atoms with Gasteiger partial charge in [-0.3, -0.25) is 9.59 Å². The van der Waals surface area contributed by atoms with Gasteiger partial charge in [-0.25, -0.2) is 0 Å². The van der Waals surface area contributed by atoms with Crippen LogP contribution in [-0.4, -0.2) is 24.4 Å². The van der Waals surface area contributed by atoms with Gasteiger partial charge in [0.1, 0.15) is 6.04 Å². The Morgan fingerprint density at radius 1 is 1.40 bits per heavy atom. The average Bonchev–Trinajstić information content (AvgIpc) is 2.11. The van der Waals surface area contributed by atoms with Crippen LogP contribution >= 0.6 is 0 Å². The summed E-state index contributed by atoms with van der Waals surface area (Å²) in [4.78, 5) is 22.5. The minimum Gasteiger partial charge on any atom is -0.351 e. The molecule has 0 saturated heterocycles. The lowest BCUT2D eigenvalue weighted by Gasteiger charge is -2.18. The molecular formula is C11H20N2O2. The molecule has 0 radical (unpaired) electrons. The molecule has 0 fully saturated rings. The van der Waals surface area contributed by atoms with E-state index in [2.05, 4.69) is 17.2 Å². The molecule has 4 nitrogen and oxygen atoms in total. The zero-order valence-electron chi connectivity index (χ0n) is 9.67. The first kappa shape index (κ1) is 13.7. The Hall–Kier alpha value is -1.32. The van der Waals surface area contributed by atoms with Crippen molar-refractivity contribution in [3.63, 3.8) is 0 Å². The highest BCUT2D eigenvalue weighted by Gasteiger charge is 2.19. The molecule has 15 heavy (non-hydrogen) atoms. The highest BCUT2D eigenvalue weighted by Crippen LogP contribution is 2.04. The third-order valence-corrected chi connectivity index (χ3v) is 1.82. The van der Waals surface area contributed by atoms with Crippen LogP contribution in [0.4, 0.5) is 0 Å². The van der Waals surface area contributed by atoms with E-state index in [4.69, 9.17) is 0 Å². The standard InChI is InChI=1S/C11H20N2O2/c1-5-6-12-11(15)10(7-8(2)3)13-9(4)14/h5,8,10H,1,6-7H2,2-4H3,(H,12,15)(H,13,14). The van der Waals surface area contributed by atoms with Crippen LogP contribution in [0, 0.1) is 5.92 Å². The molecule has 4 heteroatoms. The van der Waals surface area contributed by atoms with Crippen molar-refractivity contribution in [2.45, 2.75) is 33.2 Å². The van der Waals surface area contributed by atoms with Crippen molar-refractivity contribution in [2.24, 2.45) is 5.92 Å². The lowest BCUT2D eigenvalue weighted by molar-refractivity contribution is -0.128. The first-order valence-corrected chi connectivity index (χ1v) is 5.13. The number of carbonyl (C=O) groups excluding carboxylic acids is 2. The molecule has 0 bridgehead atoms. The van der Waals surface area contributed by atoms with Crippen LogP contribution in [0.2, 0.25) is 0 Å². The van der Waals surface area contributed by atoms with Crippen molar-refractivity contribution < 1.29 is 9.59 Å². The Morgan fingerprint density at radius 3 is 2.40 bits per heavy atom. The molecule has 0 aromatic carbocycles. The molecule has 0 aliphatic rings. The number of hydrogen-bond donors (Lipinski definition) is 2. The molecule has 0 aromatic rings. The van der Waals surface area contributed by atoms with Crippen molar-refractivity contribution >= 4 is 11.8 Å². The van der Waals surface area contributed by atoms with Crippen LogP contribution < -0.4 is 10.6 Å². The number of hydrogen-bond acceptors (Lipinski definition) is 2. The summed E-state index contributed by atoms with van der Waals surface area (Å²) in [6.07, 6.45) is 2.25. The van der Waals surface area contributed by atoms with Gasteiger partial charge in [-0.15, -0.1) is 6.58 Å². The van der Waals surface area contributed by atoms with E-state index in [1.807, 2.05) is 13.8 Å². The van der Waals surface area contributed by atoms with Gasteiger partial charge in [0, 0.05) is 13.5 Å². The van der Waals surface area contributed by atoms with Crippen molar-refractivity contribution in [1.29, 1.82) is 0 Å². The summed E-state index contributed by atoms with van der Waals surface area (Å²) in [5.74, 6) is 0.0181. The number of rotatable bonds is 6. The van der Waals surface area contributed by atoms with E-state index < -0.39 is 6.04 Å². The van der Waals surface area contributed by atoms with E-state index in [-0.39, 0.29) is 11.8 Å². The van der Waals surface area contributed by atoms with Gasteiger partial charge < -0.3 is 10.6 Å². The molecule has 1 atom stereocenters. The first-order chi connectivity index (χ1) is 6.97. The fraction of sp³-hybridized carbons (Fsp3) is 0.636. The van der Waals surface area contributed by atoms with Gasteiger partial charge in [-0.1, -0.05) is 19.9 Å². The molecule has 0 rings (SSSR count). The molecule has 0 aliphatic heterocycles. The van der Waals surface area contributed by atoms with E-state index >= 15 is 0 Å². The topological polar surface area (TPSA) is 58.2 Å². The summed E-state index contributed by atoms with van der Waals surface area (Å²) in [5.41, 5.74) is 0. The minimum absolute atomic E-state index is 0.154. The lowest BCUT2D eigenvalue weighted by atomic mass is 10.0. The number of nitrogens with one attached hydrogen (secondary N) is 2. The monoisotopic (exact) mass is 212 g/mol. The van der Waals surface area contributed by atoms with Crippen molar-refractivity contribution in [3.05, 3.63) is 12.7 Å². The molecule has 0 aliphatic carbocycles. The fourth-order valence-electron chi connectivity index (χ4n) is 1.24. The molecular weight excluding hydrogens is 192 g/mol. The average molecular weight is 212 g/mol. The van der Waals surface area contributed by atoms with E-state index in [1.54, 1.807) is 6.08 Å². The second-order valence-corrected chi connectivity index (χ2v) is 3.92. The van der Waals surface area contributed by atoms with Gasteiger partial charge >= 0.3 is 0 Å². The largest absolute Gasteiger partial charge is 0.351 e. The predicted octanol–water partition coefficient (Wildman–Crippen LogP) is 0.839. The fourth-order valence-corrected chi connectivity index (χ4v) is 1.24. The molecule has 2 N–H and O–H groups in total. The quantitative estimate of drug-likeness (QED) is 0.641. The van der Waals surface area contributed by atoms with Crippen LogP contribution in [0.3, 0.4) is 0 Å². The summed E-state index contributed by atoms with van der Waals surface area (Å²) in [5, 5.41) is 5.31. The van der Waals surface area contributed by atoms with Gasteiger partial charge in [0.15, 0.2) is 0 Å². The van der Waals surface area contributed by atoms with E-state index in [0.717, 1.165) is 0 Å². The zero-order chi connectivity index (χ0) is 11.8. The lowest BCUT2D eigenvalue weighted by Crippen LogP contribution is -2.46. The highest BCUT2D eigenvalue weighted by atomic mass is 16.2. The smallest absolute Gasteiger partial charge is 0.242 e. The maximum absolute atomic E-state index is 11.6. The van der Waals surface area contributed by atoms with Crippen molar-refractivity contribution in [1.82, 2.24) is 10.6 Å². The first-order valence-electron chi connectivity index (χ1n) is 5.13. The van der Waals surface area contributed by atoms with Crippen LogP contribution in [0.1, 0.15) is 27.2 Å². The number of carbonyl (C=O) groups is 2. The molecule has 0 heterocycles. The molecule has 1 unspecified atom stereocenters. The zero-order valence-corrected chi connectivity index (χ0v) is 9.67. The molecule has 2 amide bonds. The van der Waals surface area contributed by atoms with Crippen LogP contribution in [0.25, 0.3) is 0 Å². The highest BCUT2D eigenvalue weighted by molar-refractivity contribution is 5.86. The van der Waals surface area contributed by atoms with Gasteiger partial charge in [0.25, 0.3) is 0 Å². The second kappa shape index (κ2) is 7.04. The SMILES string of the molecule is C=CCNC(=O)C(CC(C)C)NC(C)=O. The molecule has 0 aromatic heterocycles. The summed E-state index contributed by atoms with van der Waals surface area (Å²) in [7, 11) is 0. The summed E-state index contributed by atoms with van der Waals surface area (Å²) < 4.78 is 0. The summed E-state index contributed by atoms with van der Waals surface area (Å²) in [6.45, 7) is 9.37. The Bertz CT molecular complexity index is 237. The normalized spacial score (nSPS) is 12.0. The van der Waals surface area contributed by atoms with E-state index in [1.165, 1.54) is 6.92 Å². The molecule has 0 spiro atoms. The van der Waals surface area contributed by atoms with Gasteiger partial charge in [-0.2, -0.15) is 0 Å². The minimum atomic E-state index is -0.442. The molecule has 0 saturated carbocycles. The van der Waals surface area contributed by atoms with Crippen LogP contribution in [0.5, 0.6) is 0 Å². The van der Waals surface area contributed by atoms with Gasteiger partial charge in [0.2, 0.25) is 11.8 Å². The Labute approximate surface area is 91.1 Å². The Morgan fingerprint density at radius 2 is 2.00 bits per heavy atom. The maximum atomic E-state index is 11.6. The second-order valence-electron chi connectivity index (χ2n) is 3.92. The Kier molecular flexibility index (Phi) is 6.42. The van der Waals surface area contributed by atoms with Crippen molar-refractivity contribution in [2.75, 3.05) is 6.54 Å². The Balaban J connectivity index is 4.26.